The minimum Gasteiger partial charge on any atom is -0.450 e. The van der Waals surface area contributed by atoms with Gasteiger partial charge in [-0.15, -0.1) is 0 Å². The zero-order valence-electron chi connectivity index (χ0n) is 12.7. The van der Waals surface area contributed by atoms with Gasteiger partial charge in [-0.05, 0) is 23.3 Å². The predicted octanol–water partition coefficient (Wildman–Crippen LogP) is 3.08. The van der Waals surface area contributed by atoms with Crippen LogP contribution in [0.4, 0.5) is 4.79 Å². The molecule has 1 heterocycles. The average Bonchev–Trinajstić information content (AvgIpc) is 3.15. The van der Waals surface area contributed by atoms with Crippen LogP contribution < -0.4 is 5.73 Å². The maximum absolute atomic E-state index is 11.2. The standard InChI is InChI=1S/C13H11NO.C3H4N2.CH2O3/c14-13(15)12-9-5-4-8-11(12)10-6-2-1-3-7-10;1-2-4-5-3-1;2-1(3)4/h1-9H,(H2,14,15);1-3H,(H,4,5);(H2,2,3,4). The highest BCUT2D eigenvalue weighted by atomic mass is 16.6. The summed E-state index contributed by atoms with van der Waals surface area (Å²) in [4.78, 5) is 19.8. The highest BCUT2D eigenvalue weighted by molar-refractivity contribution is 5.99. The Labute approximate surface area is 138 Å². The summed E-state index contributed by atoms with van der Waals surface area (Å²) in [7, 11) is 0. The molecular weight excluding hydrogens is 310 g/mol. The SMILES string of the molecule is NC(=O)c1ccccc1-c1ccccc1.O=C(O)O.c1cn[nH]c1. The fourth-order valence-electron chi connectivity index (χ4n) is 1.78. The van der Waals surface area contributed by atoms with E-state index < -0.39 is 12.1 Å². The van der Waals surface area contributed by atoms with E-state index in [1.54, 1.807) is 18.5 Å². The van der Waals surface area contributed by atoms with Crippen molar-refractivity contribution in [1.29, 1.82) is 0 Å². The number of carbonyl (C=O) groups excluding carboxylic acids is 1. The highest BCUT2D eigenvalue weighted by Gasteiger charge is 2.07. The van der Waals surface area contributed by atoms with E-state index in [2.05, 4.69) is 10.2 Å². The van der Waals surface area contributed by atoms with E-state index in [0.29, 0.717) is 5.56 Å². The largest absolute Gasteiger partial charge is 0.503 e. The zero-order valence-corrected chi connectivity index (χ0v) is 12.7. The number of H-pyrrole nitrogens is 1. The Morgan fingerprint density at radius 2 is 1.50 bits per heavy atom. The normalized spacial score (nSPS) is 8.83. The number of carboxylic acid groups (broad SMARTS) is 2. The Morgan fingerprint density at radius 3 is 1.96 bits per heavy atom. The van der Waals surface area contributed by atoms with Crippen LogP contribution in [0.5, 0.6) is 0 Å². The second-order valence-electron chi connectivity index (χ2n) is 4.32. The molecule has 0 saturated heterocycles. The molecule has 0 unspecified atom stereocenters. The van der Waals surface area contributed by atoms with Gasteiger partial charge in [0.1, 0.15) is 0 Å². The van der Waals surface area contributed by atoms with Gasteiger partial charge in [0.2, 0.25) is 5.91 Å². The Kier molecular flexibility index (Phi) is 7.82. The summed E-state index contributed by atoms with van der Waals surface area (Å²) in [5, 5.41) is 20.2. The van der Waals surface area contributed by atoms with E-state index in [4.69, 9.17) is 20.7 Å². The van der Waals surface area contributed by atoms with Crippen molar-refractivity contribution in [3.8, 4) is 11.1 Å². The molecule has 0 aliphatic carbocycles. The smallest absolute Gasteiger partial charge is 0.450 e. The van der Waals surface area contributed by atoms with Crippen LogP contribution in [0.15, 0.2) is 73.1 Å². The Hall–Kier alpha value is -3.61. The maximum Gasteiger partial charge on any atom is 0.503 e. The predicted molar refractivity (Wildman–Crippen MR) is 89.6 cm³/mol. The molecule has 3 aromatic rings. The molecule has 0 spiro atoms. The number of nitrogens with one attached hydrogen (secondary N) is 1. The summed E-state index contributed by atoms with van der Waals surface area (Å²) >= 11 is 0. The van der Waals surface area contributed by atoms with Gasteiger partial charge in [-0.3, -0.25) is 9.89 Å². The molecule has 0 aliphatic heterocycles. The maximum atomic E-state index is 11.2. The molecule has 1 amide bonds. The molecule has 0 saturated carbocycles. The fourth-order valence-corrected chi connectivity index (χ4v) is 1.78. The van der Waals surface area contributed by atoms with Crippen LogP contribution in [-0.4, -0.2) is 32.5 Å². The third kappa shape index (κ3) is 6.90. The van der Waals surface area contributed by atoms with Gasteiger partial charge in [0.05, 0.1) is 0 Å². The van der Waals surface area contributed by atoms with E-state index in [0.717, 1.165) is 11.1 Å². The number of benzene rings is 2. The summed E-state index contributed by atoms with van der Waals surface area (Å²) in [5.74, 6) is -0.394. The second kappa shape index (κ2) is 10.2. The Bertz CT molecular complexity index is 722. The van der Waals surface area contributed by atoms with E-state index >= 15 is 0 Å². The van der Waals surface area contributed by atoms with E-state index in [-0.39, 0.29) is 0 Å². The van der Waals surface area contributed by atoms with Crippen molar-refractivity contribution >= 4 is 12.1 Å². The molecule has 124 valence electrons. The van der Waals surface area contributed by atoms with Gasteiger partial charge >= 0.3 is 6.16 Å². The van der Waals surface area contributed by atoms with Crippen molar-refractivity contribution in [2.75, 3.05) is 0 Å². The second-order valence-corrected chi connectivity index (χ2v) is 4.32. The first-order chi connectivity index (χ1) is 11.5. The summed E-state index contributed by atoms with van der Waals surface area (Å²) in [5.41, 5.74) is 7.76. The van der Waals surface area contributed by atoms with Gasteiger partial charge in [0, 0.05) is 18.0 Å². The van der Waals surface area contributed by atoms with E-state index in [1.807, 2.05) is 54.6 Å². The summed E-state index contributed by atoms with van der Waals surface area (Å²) in [6.07, 6.45) is 1.62. The Morgan fingerprint density at radius 1 is 0.917 bits per heavy atom. The number of nitrogens with two attached hydrogens (primary N) is 1. The molecule has 0 bridgehead atoms. The average molecular weight is 327 g/mol. The molecule has 7 heteroatoms. The number of amides is 1. The van der Waals surface area contributed by atoms with Gasteiger partial charge in [-0.2, -0.15) is 5.10 Å². The van der Waals surface area contributed by atoms with Crippen LogP contribution in [0.3, 0.4) is 0 Å². The Balaban J connectivity index is 0.000000263. The number of aromatic amines is 1. The van der Waals surface area contributed by atoms with Crippen molar-refractivity contribution in [2.24, 2.45) is 5.73 Å². The van der Waals surface area contributed by atoms with Gasteiger partial charge < -0.3 is 15.9 Å². The lowest BCUT2D eigenvalue weighted by Crippen LogP contribution is -2.12. The summed E-state index contributed by atoms with van der Waals surface area (Å²) in [6.45, 7) is 0. The third-order valence-electron chi connectivity index (χ3n) is 2.68. The number of hydrogen-bond acceptors (Lipinski definition) is 3. The molecule has 0 radical (unpaired) electrons. The molecule has 3 rings (SSSR count). The first-order valence-corrected chi connectivity index (χ1v) is 6.82. The molecule has 7 nitrogen and oxygen atoms in total. The van der Waals surface area contributed by atoms with Crippen molar-refractivity contribution < 1.29 is 19.8 Å². The summed E-state index contributed by atoms with van der Waals surface area (Å²) < 4.78 is 0. The van der Waals surface area contributed by atoms with Gasteiger partial charge in [0.15, 0.2) is 0 Å². The van der Waals surface area contributed by atoms with Gasteiger partial charge in [0.25, 0.3) is 0 Å². The molecule has 1 aromatic heterocycles. The number of nitrogens with zero attached hydrogens (tertiary/aromatic N) is 1. The lowest BCUT2D eigenvalue weighted by atomic mass is 9.99. The molecular formula is C17H17N3O4. The van der Waals surface area contributed by atoms with Crippen molar-refractivity contribution in [3.05, 3.63) is 78.6 Å². The van der Waals surface area contributed by atoms with Gasteiger partial charge in [-0.25, -0.2) is 4.79 Å². The number of rotatable bonds is 2. The lowest BCUT2D eigenvalue weighted by Gasteiger charge is -2.05. The first kappa shape index (κ1) is 18.4. The van der Waals surface area contributed by atoms with E-state index in [1.165, 1.54) is 0 Å². The van der Waals surface area contributed by atoms with E-state index in [9.17, 15) is 4.79 Å². The van der Waals surface area contributed by atoms with Crippen LogP contribution in [-0.2, 0) is 0 Å². The van der Waals surface area contributed by atoms with Crippen molar-refractivity contribution in [1.82, 2.24) is 10.2 Å². The molecule has 0 fully saturated rings. The quantitative estimate of drug-likeness (QED) is 0.574. The number of aromatic nitrogens is 2. The van der Waals surface area contributed by atoms with Gasteiger partial charge in [-0.1, -0.05) is 48.5 Å². The number of carbonyl (C=O) groups is 2. The molecule has 24 heavy (non-hydrogen) atoms. The molecule has 2 aromatic carbocycles. The third-order valence-corrected chi connectivity index (χ3v) is 2.68. The van der Waals surface area contributed by atoms with Crippen LogP contribution in [0.2, 0.25) is 0 Å². The molecule has 0 atom stereocenters. The van der Waals surface area contributed by atoms with Crippen molar-refractivity contribution in [2.45, 2.75) is 0 Å². The highest BCUT2D eigenvalue weighted by Crippen LogP contribution is 2.22. The minimum atomic E-state index is -1.83. The first-order valence-electron chi connectivity index (χ1n) is 6.82. The zero-order chi connectivity index (χ0) is 17.8. The minimum absolute atomic E-state index is 0.394. The van der Waals surface area contributed by atoms with Crippen LogP contribution in [0, 0.1) is 0 Å². The topological polar surface area (TPSA) is 129 Å². The van der Waals surface area contributed by atoms with Crippen LogP contribution >= 0.6 is 0 Å². The summed E-state index contributed by atoms with van der Waals surface area (Å²) in [6, 6.07) is 18.9. The number of primary amides is 1. The van der Waals surface area contributed by atoms with Crippen LogP contribution in [0.25, 0.3) is 11.1 Å². The molecule has 0 aliphatic rings. The fraction of sp³-hybridized carbons (Fsp3) is 0. The van der Waals surface area contributed by atoms with Crippen molar-refractivity contribution in [3.63, 3.8) is 0 Å². The number of hydrogen-bond donors (Lipinski definition) is 4. The molecule has 5 N–H and O–H groups in total. The lowest BCUT2D eigenvalue weighted by molar-refractivity contribution is 0.100. The van der Waals surface area contributed by atoms with Crippen LogP contribution in [0.1, 0.15) is 10.4 Å². The monoisotopic (exact) mass is 327 g/mol.